The third kappa shape index (κ3) is 2.41. The third-order valence-corrected chi connectivity index (χ3v) is 2.77. The van der Waals surface area contributed by atoms with E-state index in [0.717, 1.165) is 22.6 Å². The van der Waals surface area contributed by atoms with E-state index in [0.29, 0.717) is 0 Å². The summed E-state index contributed by atoms with van der Waals surface area (Å²) in [6.07, 6.45) is 0. The summed E-state index contributed by atoms with van der Waals surface area (Å²) in [6, 6.07) is 14.2. The maximum absolute atomic E-state index is 5.39. The molecule has 0 aliphatic rings. The van der Waals surface area contributed by atoms with E-state index in [9.17, 15) is 0 Å². The maximum Gasteiger partial charge on any atom is 0.130 e. The van der Waals surface area contributed by atoms with Crippen molar-refractivity contribution in [2.75, 3.05) is 14.2 Å². The van der Waals surface area contributed by atoms with E-state index in [1.54, 1.807) is 14.2 Å². The van der Waals surface area contributed by atoms with Crippen LogP contribution in [0.15, 0.2) is 42.5 Å². The van der Waals surface area contributed by atoms with Gasteiger partial charge in [-0.2, -0.15) is 0 Å². The lowest BCUT2D eigenvalue weighted by atomic mass is 10.0. The van der Waals surface area contributed by atoms with E-state index in [4.69, 9.17) is 9.47 Å². The molecule has 0 aliphatic carbocycles. The van der Waals surface area contributed by atoms with Crippen LogP contribution < -0.4 is 9.47 Å². The fourth-order valence-electron chi connectivity index (χ4n) is 1.77. The van der Waals surface area contributed by atoms with Gasteiger partial charge in [-0.1, -0.05) is 29.8 Å². The summed E-state index contributed by atoms with van der Waals surface area (Å²) in [4.78, 5) is 0. The standard InChI is InChI=1S/C15H16O2/c1-11-4-6-12(7-5-11)14-9-8-13(16-2)10-15(14)17-3/h4-10H,1-3H3. The van der Waals surface area contributed by atoms with Crippen molar-refractivity contribution in [3.8, 4) is 22.6 Å². The van der Waals surface area contributed by atoms with Gasteiger partial charge in [-0.25, -0.2) is 0 Å². The minimum Gasteiger partial charge on any atom is -0.497 e. The van der Waals surface area contributed by atoms with Gasteiger partial charge in [0.25, 0.3) is 0 Å². The van der Waals surface area contributed by atoms with Crippen molar-refractivity contribution in [3.05, 3.63) is 48.0 Å². The number of benzene rings is 2. The van der Waals surface area contributed by atoms with Crippen LogP contribution in [0, 0.1) is 6.92 Å². The lowest BCUT2D eigenvalue weighted by Gasteiger charge is -2.10. The van der Waals surface area contributed by atoms with Crippen molar-refractivity contribution in [3.63, 3.8) is 0 Å². The van der Waals surface area contributed by atoms with Crippen molar-refractivity contribution < 1.29 is 9.47 Å². The van der Waals surface area contributed by atoms with Crippen molar-refractivity contribution >= 4 is 0 Å². The van der Waals surface area contributed by atoms with Gasteiger partial charge >= 0.3 is 0 Å². The summed E-state index contributed by atoms with van der Waals surface area (Å²) in [7, 11) is 3.33. The highest BCUT2D eigenvalue weighted by Gasteiger charge is 2.06. The van der Waals surface area contributed by atoms with Crippen molar-refractivity contribution in [1.29, 1.82) is 0 Å². The van der Waals surface area contributed by atoms with E-state index >= 15 is 0 Å². The predicted molar refractivity (Wildman–Crippen MR) is 69.7 cm³/mol. The fraction of sp³-hybridized carbons (Fsp3) is 0.200. The number of aryl methyl sites for hydroxylation is 1. The van der Waals surface area contributed by atoms with E-state index in [-0.39, 0.29) is 0 Å². The Morgan fingerprint density at radius 1 is 0.824 bits per heavy atom. The highest BCUT2D eigenvalue weighted by Crippen LogP contribution is 2.33. The van der Waals surface area contributed by atoms with Crippen molar-refractivity contribution in [1.82, 2.24) is 0 Å². The quantitative estimate of drug-likeness (QED) is 0.797. The number of ether oxygens (including phenoxy) is 2. The summed E-state index contributed by atoms with van der Waals surface area (Å²) in [6.45, 7) is 2.08. The van der Waals surface area contributed by atoms with Crippen LogP contribution >= 0.6 is 0 Å². The highest BCUT2D eigenvalue weighted by atomic mass is 16.5. The van der Waals surface area contributed by atoms with Crippen LogP contribution in [0.3, 0.4) is 0 Å². The van der Waals surface area contributed by atoms with Gasteiger partial charge in [0.15, 0.2) is 0 Å². The minimum absolute atomic E-state index is 0.803. The van der Waals surface area contributed by atoms with Gasteiger partial charge in [-0.15, -0.1) is 0 Å². The summed E-state index contributed by atoms with van der Waals surface area (Å²) in [5.41, 5.74) is 3.48. The third-order valence-electron chi connectivity index (χ3n) is 2.77. The molecule has 0 fully saturated rings. The zero-order valence-corrected chi connectivity index (χ0v) is 10.4. The molecule has 0 unspecified atom stereocenters. The second kappa shape index (κ2) is 4.91. The Morgan fingerprint density at radius 2 is 1.53 bits per heavy atom. The molecule has 0 aromatic heterocycles. The second-order valence-electron chi connectivity index (χ2n) is 3.93. The minimum atomic E-state index is 0.803. The molecule has 0 bridgehead atoms. The first-order valence-corrected chi connectivity index (χ1v) is 5.53. The van der Waals surface area contributed by atoms with Gasteiger partial charge < -0.3 is 9.47 Å². The zero-order chi connectivity index (χ0) is 12.3. The molecule has 88 valence electrons. The molecule has 0 spiro atoms. The molecule has 2 aromatic rings. The van der Waals surface area contributed by atoms with Crippen LogP contribution in [0.25, 0.3) is 11.1 Å². The number of methoxy groups -OCH3 is 2. The maximum atomic E-state index is 5.39. The second-order valence-corrected chi connectivity index (χ2v) is 3.93. The molecule has 0 aliphatic heterocycles. The van der Waals surface area contributed by atoms with E-state index in [1.807, 2.05) is 18.2 Å². The summed E-state index contributed by atoms with van der Waals surface area (Å²) < 4.78 is 10.6. The van der Waals surface area contributed by atoms with Crippen molar-refractivity contribution in [2.24, 2.45) is 0 Å². The average molecular weight is 228 g/mol. The number of hydrogen-bond donors (Lipinski definition) is 0. The van der Waals surface area contributed by atoms with E-state index in [2.05, 4.69) is 31.2 Å². The van der Waals surface area contributed by atoms with Crippen LogP contribution in [0.4, 0.5) is 0 Å². The molecular formula is C15H16O2. The Morgan fingerprint density at radius 3 is 2.12 bits per heavy atom. The summed E-state index contributed by atoms with van der Waals surface area (Å²) in [5, 5.41) is 0. The van der Waals surface area contributed by atoms with Crippen LogP contribution in [0.1, 0.15) is 5.56 Å². The molecular weight excluding hydrogens is 212 g/mol. The largest absolute Gasteiger partial charge is 0.497 e. The topological polar surface area (TPSA) is 18.5 Å². The van der Waals surface area contributed by atoms with Gasteiger partial charge in [-0.05, 0) is 24.6 Å². The summed E-state index contributed by atoms with van der Waals surface area (Å²) >= 11 is 0. The normalized spacial score (nSPS) is 10.1. The Balaban J connectivity index is 2.47. The zero-order valence-electron chi connectivity index (χ0n) is 10.4. The molecule has 2 heteroatoms. The molecule has 2 rings (SSSR count). The molecule has 0 radical (unpaired) electrons. The first-order valence-electron chi connectivity index (χ1n) is 5.53. The van der Waals surface area contributed by atoms with E-state index in [1.165, 1.54) is 5.56 Å². The molecule has 0 atom stereocenters. The SMILES string of the molecule is COc1ccc(-c2ccc(C)cc2)c(OC)c1. The van der Waals surface area contributed by atoms with Crippen LogP contribution in [0.2, 0.25) is 0 Å². The van der Waals surface area contributed by atoms with Gasteiger partial charge in [0, 0.05) is 11.6 Å². The lowest BCUT2D eigenvalue weighted by Crippen LogP contribution is -1.90. The molecule has 0 saturated carbocycles. The molecule has 2 nitrogen and oxygen atoms in total. The molecule has 2 aromatic carbocycles. The lowest BCUT2D eigenvalue weighted by molar-refractivity contribution is 0.395. The first-order chi connectivity index (χ1) is 8.24. The fourth-order valence-corrected chi connectivity index (χ4v) is 1.77. The van der Waals surface area contributed by atoms with Crippen LogP contribution in [-0.2, 0) is 0 Å². The smallest absolute Gasteiger partial charge is 0.130 e. The Bertz CT molecular complexity index is 501. The predicted octanol–water partition coefficient (Wildman–Crippen LogP) is 3.68. The van der Waals surface area contributed by atoms with E-state index < -0.39 is 0 Å². The van der Waals surface area contributed by atoms with Crippen molar-refractivity contribution in [2.45, 2.75) is 6.92 Å². The van der Waals surface area contributed by atoms with Crippen LogP contribution in [-0.4, -0.2) is 14.2 Å². The number of rotatable bonds is 3. The monoisotopic (exact) mass is 228 g/mol. The highest BCUT2D eigenvalue weighted by molar-refractivity contribution is 5.71. The number of hydrogen-bond acceptors (Lipinski definition) is 2. The van der Waals surface area contributed by atoms with Gasteiger partial charge in [-0.3, -0.25) is 0 Å². The average Bonchev–Trinajstić information content (AvgIpc) is 2.39. The molecule has 17 heavy (non-hydrogen) atoms. The van der Waals surface area contributed by atoms with Gasteiger partial charge in [0.2, 0.25) is 0 Å². The van der Waals surface area contributed by atoms with Gasteiger partial charge in [0.1, 0.15) is 11.5 Å². The first kappa shape index (κ1) is 11.5. The molecule has 0 saturated heterocycles. The molecule has 0 heterocycles. The van der Waals surface area contributed by atoms with Gasteiger partial charge in [0.05, 0.1) is 14.2 Å². The summed E-state index contributed by atoms with van der Waals surface area (Å²) in [5.74, 6) is 1.63. The Labute approximate surface area is 102 Å². The Kier molecular flexibility index (Phi) is 3.33. The molecule has 0 N–H and O–H groups in total. The molecule has 0 amide bonds. The van der Waals surface area contributed by atoms with Crippen LogP contribution in [0.5, 0.6) is 11.5 Å². The Hall–Kier alpha value is -1.96.